The van der Waals surface area contributed by atoms with E-state index in [0.717, 1.165) is 0 Å². The van der Waals surface area contributed by atoms with E-state index in [2.05, 4.69) is 0 Å². The molecule has 4 heavy (non-hydrogen) atoms. The van der Waals surface area contributed by atoms with Crippen molar-refractivity contribution in [1.82, 2.24) is 0 Å². The molecule has 0 N–H and O–H groups in total. The molecule has 0 nitrogen and oxygen atoms in total. The standard InChI is InChI=1S/Ca.Li.Nb.Yb.3H. The summed E-state index contributed by atoms with van der Waals surface area (Å²) in [7, 11) is 0. The quantitative estimate of drug-likeness (QED) is 0.474. The van der Waals surface area contributed by atoms with Crippen molar-refractivity contribution in [2.24, 2.45) is 0 Å². The van der Waals surface area contributed by atoms with Crippen LogP contribution in [-0.2, 0) is 22.4 Å². The molecule has 0 aliphatic carbocycles. The maximum absolute atomic E-state index is 0. The van der Waals surface area contributed by atoms with Crippen LogP contribution in [-0.4, -0.2) is 56.6 Å². The summed E-state index contributed by atoms with van der Waals surface area (Å²) in [4.78, 5) is 0. The zero-order valence-corrected chi connectivity index (χ0v) is 4.63. The summed E-state index contributed by atoms with van der Waals surface area (Å²) >= 11 is 0. The van der Waals surface area contributed by atoms with E-state index in [9.17, 15) is 0 Å². The normalized spacial score (nSPS) is 0. The molecule has 0 aliphatic rings. The SMILES string of the molecule is [CaH2].[LiH].[Nb].[Yb]. The molecule has 0 spiro atoms. The average molecular weight is 316 g/mol. The first-order valence-corrected chi connectivity index (χ1v) is 0. The Bertz CT molecular complexity index is 8.00. The molecule has 0 unspecified atom stereocenters. The Kier molecular flexibility index (Phi) is 95.3. The van der Waals surface area contributed by atoms with Gasteiger partial charge in [-0.3, -0.25) is 0 Å². The Hall–Kier alpha value is 4.12. The molecular formula is H3CaLiNbYb. The molecule has 0 fully saturated rings. The zero-order chi connectivity index (χ0) is 0. The number of rotatable bonds is 0. The van der Waals surface area contributed by atoms with Gasteiger partial charge in [0.1, 0.15) is 0 Å². The molecule has 4 heteroatoms. The minimum atomic E-state index is 0. The second kappa shape index (κ2) is 15.7. The summed E-state index contributed by atoms with van der Waals surface area (Å²) in [5.74, 6) is 0. The predicted molar refractivity (Wildman–Crippen MR) is 15.7 cm³/mol. The Labute approximate surface area is 122 Å². The van der Waals surface area contributed by atoms with Crippen LogP contribution in [0.2, 0.25) is 0 Å². The van der Waals surface area contributed by atoms with Gasteiger partial charge in [0.2, 0.25) is 0 Å². The van der Waals surface area contributed by atoms with Gasteiger partial charge in [0.25, 0.3) is 0 Å². The number of hydrogen-bond acceptors (Lipinski definition) is 0. The minimum Gasteiger partial charge on any atom is 0 e. The van der Waals surface area contributed by atoms with Gasteiger partial charge in [-0.15, -0.1) is 0 Å². The predicted octanol–water partition coefficient (Wildman–Crippen LogP) is -1.57. The smallest absolute Gasteiger partial charge is 0 e. The fraction of sp³-hybridized carbons (Fsp3) is 0. The first kappa shape index (κ1) is 24.3. The molecular weight excluding hydrogens is 313 g/mol. The minimum absolute atomic E-state index is 0. The van der Waals surface area contributed by atoms with Crippen LogP contribution < -0.4 is 0 Å². The number of hydrogen-bond donors (Lipinski definition) is 0. The van der Waals surface area contributed by atoms with E-state index in [1.165, 1.54) is 0 Å². The maximum Gasteiger partial charge on any atom is 0 e. The third-order valence-corrected chi connectivity index (χ3v) is 0. The van der Waals surface area contributed by atoms with Crippen molar-refractivity contribution in [2.45, 2.75) is 0 Å². The first-order valence-electron chi connectivity index (χ1n) is 0. The maximum atomic E-state index is 0. The van der Waals surface area contributed by atoms with Crippen LogP contribution in [0.15, 0.2) is 0 Å². The van der Waals surface area contributed by atoms with Gasteiger partial charge in [-0.1, -0.05) is 0 Å². The summed E-state index contributed by atoms with van der Waals surface area (Å²) < 4.78 is 0. The summed E-state index contributed by atoms with van der Waals surface area (Å²) in [5.41, 5.74) is 0. The van der Waals surface area contributed by atoms with Crippen LogP contribution >= 0.6 is 0 Å². The molecule has 0 aromatic heterocycles. The van der Waals surface area contributed by atoms with Gasteiger partial charge in [-0.05, 0) is 0 Å². The van der Waals surface area contributed by atoms with Gasteiger partial charge >= 0.3 is 56.6 Å². The molecule has 0 aromatic rings. The second-order valence-electron chi connectivity index (χ2n) is 0. The van der Waals surface area contributed by atoms with Crippen molar-refractivity contribution in [3.8, 4) is 0 Å². The van der Waals surface area contributed by atoms with Crippen LogP contribution in [0, 0.1) is 46.9 Å². The third kappa shape index (κ3) is 9.45. The fourth-order valence-corrected chi connectivity index (χ4v) is 0. The zero-order valence-electron chi connectivity index (χ0n) is 0.714. The molecule has 0 amide bonds. The largest absolute Gasteiger partial charge is 0 e. The second-order valence-corrected chi connectivity index (χ2v) is 0. The van der Waals surface area contributed by atoms with Crippen molar-refractivity contribution in [3.63, 3.8) is 0 Å². The molecule has 0 bridgehead atoms. The van der Waals surface area contributed by atoms with E-state index < -0.39 is 0 Å². The fourth-order valence-electron chi connectivity index (χ4n) is 0. The van der Waals surface area contributed by atoms with Gasteiger partial charge in [-0.2, -0.15) is 0 Å². The van der Waals surface area contributed by atoms with E-state index in [0.29, 0.717) is 0 Å². The molecule has 0 aromatic carbocycles. The van der Waals surface area contributed by atoms with Crippen molar-refractivity contribution in [2.75, 3.05) is 0 Å². The van der Waals surface area contributed by atoms with E-state index in [1.54, 1.807) is 0 Å². The Morgan fingerprint density at radius 2 is 1.00 bits per heavy atom. The Balaban J connectivity index is 0. The molecule has 0 aliphatic heterocycles. The first-order chi connectivity index (χ1) is 0. The molecule has 1 radical (unpaired) electrons. The third-order valence-electron chi connectivity index (χ3n) is 0. The average Bonchev–Trinajstić information content (AvgIpc) is 0. The molecule has 0 saturated heterocycles. The van der Waals surface area contributed by atoms with Gasteiger partial charge in [0.15, 0.2) is 0 Å². The summed E-state index contributed by atoms with van der Waals surface area (Å²) in [6, 6.07) is 0. The molecule has 0 saturated carbocycles. The summed E-state index contributed by atoms with van der Waals surface area (Å²) in [6.07, 6.45) is 0. The summed E-state index contributed by atoms with van der Waals surface area (Å²) in [5, 5.41) is 0. The summed E-state index contributed by atoms with van der Waals surface area (Å²) in [6.45, 7) is 0. The van der Waals surface area contributed by atoms with Gasteiger partial charge in [-0.25, -0.2) is 0 Å². The van der Waals surface area contributed by atoms with E-state index in [1.807, 2.05) is 0 Å². The Morgan fingerprint density at radius 1 is 1.00 bits per heavy atom. The van der Waals surface area contributed by atoms with Gasteiger partial charge in [0, 0.05) is 69.3 Å². The van der Waals surface area contributed by atoms with Crippen molar-refractivity contribution in [1.29, 1.82) is 0 Å². The van der Waals surface area contributed by atoms with E-state index >= 15 is 0 Å². The van der Waals surface area contributed by atoms with Gasteiger partial charge in [0.05, 0.1) is 0 Å². The van der Waals surface area contributed by atoms with Crippen LogP contribution in [0.25, 0.3) is 0 Å². The van der Waals surface area contributed by atoms with Crippen LogP contribution in [0.1, 0.15) is 0 Å². The monoisotopic (exact) mass is 317 g/mol. The van der Waals surface area contributed by atoms with E-state index in [4.69, 9.17) is 0 Å². The molecule has 25 valence electrons. The topological polar surface area (TPSA) is 0 Å². The van der Waals surface area contributed by atoms with Crippen molar-refractivity contribution in [3.05, 3.63) is 0 Å². The van der Waals surface area contributed by atoms with Crippen LogP contribution in [0.4, 0.5) is 0 Å². The van der Waals surface area contributed by atoms with Crippen molar-refractivity contribution >= 4 is 56.6 Å². The Morgan fingerprint density at radius 3 is 1.00 bits per heavy atom. The van der Waals surface area contributed by atoms with E-state index in [-0.39, 0.29) is 126 Å². The molecule has 0 atom stereocenters. The van der Waals surface area contributed by atoms with Crippen LogP contribution in [0.5, 0.6) is 0 Å². The van der Waals surface area contributed by atoms with Crippen LogP contribution in [0.3, 0.4) is 0 Å². The molecule has 0 heterocycles. The van der Waals surface area contributed by atoms with Gasteiger partial charge < -0.3 is 0 Å². The molecule has 0 rings (SSSR count). The van der Waals surface area contributed by atoms with Crippen molar-refractivity contribution < 1.29 is 69.3 Å².